The highest BCUT2D eigenvalue weighted by molar-refractivity contribution is 5.91. The Hall–Kier alpha value is -3.65. The Balaban J connectivity index is 1.66. The molecular formula is C21H17N3O2. The average molecular weight is 343 g/mol. The van der Waals surface area contributed by atoms with Crippen LogP contribution in [0.5, 0.6) is 5.75 Å². The Bertz CT molecular complexity index is 984. The van der Waals surface area contributed by atoms with Crippen LogP contribution in [0.1, 0.15) is 11.1 Å². The van der Waals surface area contributed by atoms with E-state index in [1.165, 1.54) is 6.21 Å². The lowest BCUT2D eigenvalue weighted by Crippen LogP contribution is -2.20. The fourth-order valence-electron chi connectivity index (χ4n) is 2.66. The largest absolute Gasteiger partial charge is 0.478 e. The molecular weight excluding hydrogens is 326 g/mol. The van der Waals surface area contributed by atoms with Gasteiger partial charge in [0.1, 0.15) is 11.8 Å². The molecule has 0 saturated heterocycles. The molecule has 0 aliphatic carbocycles. The summed E-state index contributed by atoms with van der Waals surface area (Å²) in [5, 5.41) is 14.8. The van der Waals surface area contributed by atoms with Gasteiger partial charge in [-0.1, -0.05) is 54.6 Å². The van der Waals surface area contributed by atoms with Crippen molar-refractivity contribution in [2.75, 3.05) is 6.61 Å². The monoisotopic (exact) mass is 343 g/mol. The van der Waals surface area contributed by atoms with Crippen molar-refractivity contribution in [2.45, 2.75) is 6.42 Å². The second-order valence-corrected chi connectivity index (χ2v) is 5.59. The normalized spacial score (nSPS) is 10.6. The van der Waals surface area contributed by atoms with Crippen LogP contribution >= 0.6 is 0 Å². The molecule has 0 aromatic heterocycles. The fourth-order valence-corrected chi connectivity index (χ4v) is 2.66. The lowest BCUT2D eigenvalue weighted by molar-refractivity contribution is -0.120. The zero-order chi connectivity index (χ0) is 18.2. The van der Waals surface area contributed by atoms with E-state index in [1.807, 2.05) is 60.7 Å². The molecule has 0 aliphatic rings. The second kappa shape index (κ2) is 8.45. The van der Waals surface area contributed by atoms with E-state index in [0.29, 0.717) is 11.3 Å². The van der Waals surface area contributed by atoms with Crippen LogP contribution in [-0.2, 0) is 11.2 Å². The third kappa shape index (κ3) is 4.25. The molecule has 5 nitrogen and oxygen atoms in total. The number of nitrogens with zero attached hydrogens (tertiary/aromatic N) is 2. The first kappa shape index (κ1) is 17.2. The molecule has 0 fully saturated rings. The van der Waals surface area contributed by atoms with E-state index < -0.39 is 0 Å². The minimum absolute atomic E-state index is 0.0434. The molecule has 3 aromatic rings. The van der Waals surface area contributed by atoms with Gasteiger partial charge in [0, 0.05) is 5.56 Å². The number of fused-ring (bicyclic) bond motifs is 1. The van der Waals surface area contributed by atoms with Crippen molar-refractivity contribution >= 4 is 22.9 Å². The van der Waals surface area contributed by atoms with Crippen molar-refractivity contribution in [3.63, 3.8) is 0 Å². The fraction of sp³-hybridized carbons (Fsp3) is 0.0952. The van der Waals surface area contributed by atoms with Crippen LogP contribution in [0.15, 0.2) is 71.8 Å². The zero-order valence-corrected chi connectivity index (χ0v) is 14.1. The number of hydrogen-bond donors (Lipinski definition) is 1. The number of amides is 1. The van der Waals surface area contributed by atoms with Crippen molar-refractivity contribution < 1.29 is 9.53 Å². The highest BCUT2D eigenvalue weighted by atomic mass is 16.5. The highest BCUT2D eigenvalue weighted by Crippen LogP contribution is 2.19. The zero-order valence-electron chi connectivity index (χ0n) is 14.1. The molecule has 0 bridgehead atoms. The van der Waals surface area contributed by atoms with Crippen LogP contribution in [0.2, 0.25) is 0 Å². The molecule has 0 heterocycles. The van der Waals surface area contributed by atoms with E-state index >= 15 is 0 Å². The molecule has 3 aromatic carbocycles. The van der Waals surface area contributed by atoms with E-state index in [2.05, 4.69) is 10.5 Å². The first-order chi connectivity index (χ1) is 12.8. The van der Waals surface area contributed by atoms with Gasteiger partial charge in [0.25, 0.3) is 0 Å². The van der Waals surface area contributed by atoms with Crippen LogP contribution < -0.4 is 10.2 Å². The number of benzene rings is 3. The van der Waals surface area contributed by atoms with Crippen LogP contribution in [0, 0.1) is 11.3 Å². The molecule has 26 heavy (non-hydrogen) atoms. The number of para-hydroxylation sites is 1. The number of ether oxygens (including phenoxy) is 1. The van der Waals surface area contributed by atoms with Crippen molar-refractivity contribution in [2.24, 2.45) is 5.10 Å². The Morgan fingerprint density at radius 2 is 1.85 bits per heavy atom. The van der Waals surface area contributed by atoms with E-state index in [-0.39, 0.29) is 18.9 Å². The van der Waals surface area contributed by atoms with Gasteiger partial charge in [-0.15, -0.1) is 0 Å². The molecule has 0 spiro atoms. The van der Waals surface area contributed by atoms with Gasteiger partial charge >= 0.3 is 0 Å². The summed E-state index contributed by atoms with van der Waals surface area (Å²) >= 11 is 0. The first-order valence-electron chi connectivity index (χ1n) is 8.15. The molecule has 128 valence electrons. The number of carbonyl (C=O) groups excluding carboxylic acids is 1. The summed E-state index contributed by atoms with van der Waals surface area (Å²) in [6.45, 7) is -0.0434. The summed E-state index contributed by atoms with van der Waals surface area (Å²) in [4.78, 5) is 12.2. The lowest BCUT2D eigenvalue weighted by Gasteiger charge is -2.06. The Morgan fingerprint density at radius 3 is 2.73 bits per heavy atom. The number of rotatable bonds is 6. The number of hydrogen-bond acceptors (Lipinski definition) is 4. The smallest absolute Gasteiger partial charge is 0.244 e. The van der Waals surface area contributed by atoms with Gasteiger partial charge in [0.2, 0.25) is 5.91 Å². The molecule has 3 rings (SSSR count). The number of nitriles is 1. The van der Waals surface area contributed by atoms with E-state index in [9.17, 15) is 4.79 Å². The summed E-state index contributed by atoms with van der Waals surface area (Å²) in [6, 6.07) is 23.0. The van der Waals surface area contributed by atoms with Gasteiger partial charge < -0.3 is 4.74 Å². The SMILES string of the molecule is N#CCOc1ccccc1/C=N\NC(=O)Cc1cccc2ccccc12. The molecule has 1 N–H and O–H groups in total. The minimum atomic E-state index is -0.201. The van der Waals surface area contributed by atoms with Gasteiger partial charge in [0.05, 0.1) is 12.6 Å². The number of hydrazone groups is 1. The number of nitrogens with one attached hydrogen (secondary N) is 1. The topological polar surface area (TPSA) is 74.5 Å². The molecule has 0 radical (unpaired) electrons. The maximum absolute atomic E-state index is 12.2. The van der Waals surface area contributed by atoms with Crippen molar-refractivity contribution in [3.8, 4) is 11.8 Å². The summed E-state index contributed by atoms with van der Waals surface area (Å²) < 4.78 is 5.32. The average Bonchev–Trinajstić information content (AvgIpc) is 2.67. The standard InChI is InChI=1S/C21H17N3O2/c22-12-13-26-20-11-4-2-7-18(20)15-23-24-21(25)14-17-9-5-8-16-6-1-3-10-19(16)17/h1-11,15H,13-14H2,(H,24,25)/b23-15-. The van der Waals surface area contributed by atoms with E-state index in [4.69, 9.17) is 10.00 Å². The molecule has 1 amide bonds. The van der Waals surface area contributed by atoms with E-state index in [0.717, 1.165) is 16.3 Å². The Kier molecular flexibility index (Phi) is 5.58. The van der Waals surface area contributed by atoms with Crippen LogP contribution in [0.3, 0.4) is 0 Å². The maximum Gasteiger partial charge on any atom is 0.244 e. The molecule has 0 unspecified atom stereocenters. The summed E-state index contributed by atoms with van der Waals surface area (Å²) in [5.41, 5.74) is 4.18. The summed E-state index contributed by atoms with van der Waals surface area (Å²) in [7, 11) is 0. The third-order valence-electron chi connectivity index (χ3n) is 3.84. The van der Waals surface area contributed by atoms with Crippen LogP contribution in [0.4, 0.5) is 0 Å². The second-order valence-electron chi connectivity index (χ2n) is 5.59. The van der Waals surface area contributed by atoms with Gasteiger partial charge in [-0.3, -0.25) is 4.79 Å². The summed E-state index contributed by atoms with van der Waals surface area (Å²) in [6.07, 6.45) is 1.75. The van der Waals surface area contributed by atoms with Crippen molar-refractivity contribution in [3.05, 3.63) is 77.9 Å². The van der Waals surface area contributed by atoms with Crippen LogP contribution in [0.25, 0.3) is 10.8 Å². The molecule has 0 aliphatic heterocycles. The van der Waals surface area contributed by atoms with E-state index in [1.54, 1.807) is 12.1 Å². The molecule has 0 saturated carbocycles. The van der Waals surface area contributed by atoms with Crippen molar-refractivity contribution in [1.29, 1.82) is 5.26 Å². The molecule has 0 atom stereocenters. The predicted octanol–water partition coefficient (Wildman–Crippen LogP) is 3.43. The maximum atomic E-state index is 12.2. The third-order valence-corrected chi connectivity index (χ3v) is 3.84. The van der Waals surface area contributed by atoms with Gasteiger partial charge in [-0.25, -0.2) is 5.43 Å². The molecule has 5 heteroatoms. The minimum Gasteiger partial charge on any atom is -0.478 e. The first-order valence-corrected chi connectivity index (χ1v) is 8.15. The van der Waals surface area contributed by atoms with Gasteiger partial charge in [0.15, 0.2) is 6.61 Å². The quantitative estimate of drug-likeness (QED) is 0.550. The number of carbonyl (C=O) groups is 1. The lowest BCUT2D eigenvalue weighted by atomic mass is 10.0. The van der Waals surface area contributed by atoms with Crippen molar-refractivity contribution in [1.82, 2.24) is 5.43 Å². The summed E-state index contributed by atoms with van der Waals surface area (Å²) in [5.74, 6) is 0.342. The Labute approximate surface area is 151 Å². The predicted molar refractivity (Wildman–Crippen MR) is 101 cm³/mol. The van der Waals surface area contributed by atoms with Crippen LogP contribution in [-0.4, -0.2) is 18.7 Å². The van der Waals surface area contributed by atoms with Gasteiger partial charge in [-0.2, -0.15) is 10.4 Å². The Morgan fingerprint density at radius 1 is 1.08 bits per heavy atom. The van der Waals surface area contributed by atoms with Gasteiger partial charge in [-0.05, 0) is 28.5 Å². The highest BCUT2D eigenvalue weighted by Gasteiger charge is 2.06.